The molecule has 1 aromatic heterocycles. The molecule has 0 unspecified atom stereocenters. The highest BCUT2D eigenvalue weighted by Gasteiger charge is 2.12. The van der Waals surface area contributed by atoms with Gasteiger partial charge in [0.2, 0.25) is 0 Å². The Morgan fingerprint density at radius 2 is 1.86 bits per heavy atom. The molecule has 3 rings (SSSR count). The predicted molar refractivity (Wildman–Crippen MR) is 114 cm³/mol. The number of hydrogen-bond acceptors (Lipinski definition) is 3. The molecule has 1 heterocycles. The van der Waals surface area contributed by atoms with Gasteiger partial charge in [0.15, 0.2) is 0 Å². The van der Waals surface area contributed by atoms with E-state index in [1.54, 1.807) is 22.9 Å². The van der Waals surface area contributed by atoms with Crippen LogP contribution in [0.25, 0.3) is 6.08 Å². The van der Waals surface area contributed by atoms with Gasteiger partial charge in [-0.25, -0.2) is 0 Å². The number of carbonyl (C=O) groups excluding carboxylic acids is 1. The Morgan fingerprint density at radius 1 is 1.14 bits per heavy atom. The molecule has 29 heavy (non-hydrogen) atoms. The van der Waals surface area contributed by atoms with E-state index in [1.807, 2.05) is 62.4 Å². The van der Waals surface area contributed by atoms with E-state index in [4.69, 9.17) is 16.3 Å². The summed E-state index contributed by atoms with van der Waals surface area (Å²) in [5.41, 5.74) is 6.06. The first-order chi connectivity index (χ1) is 14.0. The van der Waals surface area contributed by atoms with Crippen LogP contribution in [0.5, 0.6) is 5.75 Å². The van der Waals surface area contributed by atoms with Crippen LogP contribution in [0.2, 0.25) is 5.02 Å². The molecule has 6 heteroatoms. The van der Waals surface area contributed by atoms with E-state index in [9.17, 15) is 10.1 Å². The largest absolute Gasteiger partial charge is 0.489 e. The van der Waals surface area contributed by atoms with Crippen LogP contribution in [0.15, 0.2) is 66.2 Å². The van der Waals surface area contributed by atoms with Crippen LogP contribution in [0, 0.1) is 25.2 Å². The number of benzene rings is 2. The summed E-state index contributed by atoms with van der Waals surface area (Å²) in [5.74, 6) is 0.144. The highest BCUT2D eigenvalue weighted by Crippen LogP contribution is 2.20. The molecule has 0 saturated heterocycles. The van der Waals surface area contributed by atoms with E-state index >= 15 is 0 Å². The third-order valence-corrected chi connectivity index (χ3v) is 4.74. The van der Waals surface area contributed by atoms with Gasteiger partial charge in [0.1, 0.15) is 24.0 Å². The maximum absolute atomic E-state index is 12.5. The first-order valence-electron chi connectivity index (χ1n) is 9.02. The van der Waals surface area contributed by atoms with E-state index in [-0.39, 0.29) is 5.57 Å². The number of ether oxygens (including phenoxy) is 1. The molecule has 2 aromatic carbocycles. The Labute approximate surface area is 174 Å². The number of halogens is 1. The lowest BCUT2D eigenvalue weighted by molar-refractivity contribution is -0.113. The van der Waals surface area contributed by atoms with Crippen LogP contribution in [0.4, 0.5) is 0 Å². The Hall–Kier alpha value is -3.49. The van der Waals surface area contributed by atoms with Crippen LogP contribution in [0.3, 0.4) is 0 Å². The van der Waals surface area contributed by atoms with Crippen molar-refractivity contribution in [3.8, 4) is 11.8 Å². The molecule has 5 nitrogen and oxygen atoms in total. The quantitative estimate of drug-likeness (QED) is 0.462. The molecule has 1 N–H and O–H groups in total. The monoisotopic (exact) mass is 405 g/mol. The number of nitrogens with one attached hydrogen (secondary N) is 1. The minimum absolute atomic E-state index is 0.000698. The summed E-state index contributed by atoms with van der Waals surface area (Å²) in [6.45, 7) is 4.08. The molecule has 146 valence electrons. The van der Waals surface area contributed by atoms with Crippen molar-refractivity contribution >= 4 is 23.6 Å². The van der Waals surface area contributed by atoms with E-state index in [0.717, 1.165) is 17.0 Å². The number of aryl methyl sites for hydroxylation is 2. The molecule has 0 aliphatic rings. The minimum atomic E-state index is -0.475. The number of amides is 1. The summed E-state index contributed by atoms with van der Waals surface area (Å²) in [6, 6.07) is 20.4. The lowest BCUT2D eigenvalue weighted by atomic mass is 10.1. The molecule has 1 amide bonds. The molecular formula is C23H20ClN3O2. The summed E-state index contributed by atoms with van der Waals surface area (Å²) in [6.07, 6.45) is 1.53. The molecule has 0 aliphatic heterocycles. The van der Waals surface area contributed by atoms with Crippen molar-refractivity contribution in [3.63, 3.8) is 0 Å². The van der Waals surface area contributed by atoms with Crippen LogP contribution in [-0.2, 0) is 11.4 Å². The van der Waals surface area contributed by atoms with Gasteiger partial charge in [0.05, 0.1) is 0 Å². The smallest absolute Gasteiger partial charge is 0.280 e. The zero-order valence-electron chi connectivity index (χ0n) is 16.1. The number of aromatic nitrogens is 1. The average Bonchev–Trinajstić information content (AvgIpc) is 3.03. The first kappa shape index (κ1) is 20.2. The van der Waals surface area contributed by atoms with Gasteiger partial charge < -0.3 is 4.74 Å². The fourth-order valence-electron chi connectivity index (χ4n) is 2.79. The summed E-state index contributed by atoms with van der Waals surface area (Å²) < 4.78 is 7.45. The van der Waals surface area contributed by atoms with Crippen molar-refractivity contribution in [1.29, 1.82) is 5.26 Å². The fraction of sp³-hybridized carbons (Fsp3) is 0.130. The highest BCUT2D eigenvalue weighted by atomic mass is 35.5. The van der Waals surface area contributed by atoms with Crippen molar-refractivity contribution in [2.45, 2.75) is 20.5 Å². The molecule has 3 aromatic rings. The van der Waals surface area contributed by atoms with E-state index in [1.165, 1.54) is 6.08 Å². The molecule has 0 radical (unpaired) electrons. The number of nitriles is 1. The van der Waals surface area contributed by atoms with Gasteiger partial charge in [-0.05, 0) is 55.8 Å². The summed E-state index contributed by atoms with van der Waals surface area (Å²) in [7, 11) is 0. The topological polar surface area (TPSA) is 67.0 Å². The second-order valence-electron chi connectivity index (χ2n) is 6.51. The van der Waals surface area contributed by atoms with Gasteiger partial charge in [-0.3, -0.25) is 14.9 Å². The van der Waals surface area contributed by atoms with Crippen molar-refractivity contribution in [1.82, 2.24) is 4.68 Å². The zero-order chi connectivity index (χ0) is 20.8. The Kier molecular flexibility index (Phi) is 6.38. The summed E-state index contributed by atoms with van der Waals surface area (Å²) in [5, 5.41) is 10.1. The zero-order valence-corrected chi connectivity index (χ0v) is 16.9. The van der Waals surface area contributed by atoms with Crippen LogP contribution >= 0.6 is 11.6 Å². The second kappa shape index (κ2) is 9.13. The second-order valence-corrected chi connectivity index (χ2v) is 6.92. The molecule has 0 atom stereocenters. The molecule has 0 saturated carbocycles. The molecular weight excluding hydrogens is 386 g/mol. The van der Waals surface area contributed by atoms with Crippen molar-refractivity contribution < 1.29 is 9.53 Å². The minimum Gasteiger partial charge on any atom is -0.489 e. The van der Waals surface area contributed by atoms with Gasteiger partial charge in [-0.15, -0.1) is 0 Å². The summed E-state index contributed by atoms with van der Waals surface area (Å²) in [4.78, 5) is 12.5. The van der Waals surface area contributed by atoms with Crippen LogP contribution in [-0.4, -0.2) is 10.6 Å². The SMILES string of the molecule is Cc1ccc(C)n1NC(=O)/C(C#N)=C\c1cccc(OCc2ccccc2Cl)c1. The standard InChI is InChI=1S/C23H20ClN3O2/c1-16-10-11-17(2)27(16)26-23(28)20(14-25)12-18-6-5-8-21(13-18)29-15-19-7-3-4-9-22(19)24/h3-13H,15H2,1-2H3,(H,26,28)/b20-12-. The lowest BCUT2D eigenvalue weighted by Gasteiger charge is -2.11. The number of rotatable bonds is 6. The molecule has 0 fully saturated rings. The number of hydrogen-bond donors (Lipinski definition) is 1. The van der Waals surface area contributed by atoms with Gasteiger partial charge in [-0.2, -0.15) is 5.26 Å². The van der Waals surface area contributed by atoms with Gasteiger partial charge in [0, 0.05) is 22.0 Å². The van der Waals surface area contributed by atoms with E-state index in [0.29, 0.717) is 22.9 Å². The van der Waals surface area contributed by atoms with Crippen LogP contribution in [0.1, 0.15) is 22.5 Å². The first-order valence-corrected chi connectivity index (χ1v) is 9.40. The van der Waals surface area contributed by atoms with Crippen molar-refractivity contribution in [2.75, 3.05) is 5.43 Å². The lowest BCUT2D eigenvalue weighted by Crippen LogP contribution is -2.25. The van der Waals surface area contributed by atoms with Gasteiger partial charge >= 0.3 is 0 Å². The Morgan fingerprint density at radius 3 is 2.55 bits per heavy atom. The number of carbonyl (C=O) groups is 1. The van der Waals surface area contributed by atoms with Gasteiger partial charge in [0.25, 0.3) is 5.91 Å². The normalized spacial score (nSPS) is 11.0. The third-order valence-electron chi connectivity index (χ3n) is 4.37. The van der Waals surface area contributed by atoms with Crippen molar-refractivity contribution in [2.24, 2.45) is 0 Å². The third kappa shape index (κ3) is 5.07. The molecule has 0 bridgehead atoms. The molecule has 0 spiro atoms. The maximum atomic E-state index is 12.5. The van der Waals surface area contributed by atoms with E-state index in [2.05, 4.69) is 5.43 Å². The summed E-state index contributed by atoms with van der Waals surface area (Å²) >= 11 is 6.15. The average molecular weight is 406 g/mol. The van der Waals surface area contributed by atoms with E-state index < -0.39 is 5.91 Å². The van der Waals surface area contributed by atoms with Crippen LogP contribution < -0.4 is 10.2 Å². The van der Waals surface area contributed by atoms with Gasteiger partial charge in [-0.1, -0.05) is 41.9 Å². The Balaban J connectivity index is 1.74. The number of nitrogens with zero attached hydrogens (tertiary/aromatic N) is 2. The predicted octanol–water partition coefficient (Wildman–Crippen LogP) is 5.01. The fourth-order valence-corrected chi connectivity index (χ4v) is 2.98. The highest BCUT2D eigenvalue weighted by molar-refractivity contribution is 6.31. The molecule has 0 aliphatic carbocycles. The Bertz CT molecular complexity index is 1090. The van der Waals surface area contributed by atoms with Crippen molar-refractivity contribution in [3.05, 3.63) is 93.8 Å². The maximum Gasteiger partial charge on any atom is 0.280 e.